The number of nitrogens with zero attached hydrogens (tertiary/aromatic N) is 1. The smallest absolute Gasteiger partial charge is 0.225 e. The average Bonchev–Trinajstić information content (AvgIpc) is 2.44. The predicted octanol–water partition coefficient (Wildman–Crippen LogP) is 3.81. The Morgan fingerprint density at radius 2 is 1.90 bits per heavy atom. The first-order valence-electron chi connectivity index (χ1n) is 6.21. The van der Waals surface area contributed by atoms with E-state index in [1.807, 2.05) is 25.1 Å². The Bertz CT molecular complexity index is 582. The van der Waals surface area contributed by atoms with Crippen molar-refractivity contribution in [2.24, 2.45) is 0 Å². The van der Waals surface area contributed by atoms with Gasteiger partial charge in [-0.15, -0.1) is 0 Å². The monoisotopic (exact) mass is 308 g/mol. The van der Waals surface area contributed by atoms with Crippen molar-refractivity contribution in [2.45, 2.75) is 19.4 Å². The minimum Gasteiger partial charge on any atom is -0.348 e. The van der Waals surface area contributed by atoms with E-state index in [0.717, 1.165) is 5.69 Å². The molecule has 1 N–H and O–H groups in total. The van der Waals surface area contributed by atoms with Crippen LogP contribution in [0.2, 0.25) is 10.0 Å². The Morgan fingerprint density at radius 3 is 2.50 bits per heavy atom. The van der Waals surface area contributed by atoms with Crippen LogP contribution in [-0.4, -0.2) is 10.9 Å². The van der Waals surface area contributed by atoms with Crippen molar-refractivity contribution in [1.29, 1.82) is 0 Å². The van der Waals surface area contributed by atoms with Crippen LogP contribution in [0.1, 0.15) is 24.2 Å². The number of rotatable bonds is 4. The quantitative estimate of drug-likeness (QED) is 0.933. The Balaban J connectivity index is 2.03. The molecule has 1 amide bonds. The molecule has 3 nitrogen and oxygen atoms in total. The van der Waals surface area contributed by atoms with Crippen LogP contribution in [-0.2, 0) is 11.2 Å². The highest BCUT2D eigenvalue weighted by molar-refractivity contribution is 6.36. The first-order valence-corrected chi connectivity index (χ1v) is 6.96. The van der Waals surface area contributed by atoms with Gasteiger partial charge < -0.3 is 5.32 Å². The Labute approximate surface area is 127 Å². The zero-order valence-corrected chi connectivity index (χ0v) is 12.4. The zero-order valence-electron chi connectivity index (χ0n) is 10.9. The highest BCUT2D eigenvalue weighted by atomic mass is 35.5. The van der Waals surface area contributed by atoms with E-state index in [0.29, 0.717) is 15.6 Å². The third-order valence-corrected chi connectivity index (χ3v) is 3.62. The lowest BCUT2D eigenvalue weighted by Crippen LogP contribution is -2.28. The van der Waals surface area contributed by atoms with Gasteiger partial charge in [-0.2, -0.15) is 0 Å². The topological polar surface area (TPSA) is 42.0 Å². The standard InChI is InChI=1S/C15H14Cl2N2O/c1-10(14-7-2-3-8-18-14)19-15(20)9-11-12(16)5-4-6-13(11)17/h2-8,10H,9H2,1H3,(H,19,20). The number of hydrogen-bond donors (Lipinski definition) is 1. The molecule has 104 valence electrons. The van der Waals surface area contributed by atoms with Gasteiger partial charge in [0.15, 0.2) is 0 Å². The molecule has 0 aliphatic carbocycles. The second-order valence-electron chi connectivity index (χ2n) is 4.42. The molecule has 2 aromatic rings. The molecule has 5 heteroatoms. The lowest BCUT2D eigenvalue weighted by molar-refractivity contribution is -0.121. The molecule has 0 aliphatic heterocycles. The number of benzene rings is 1. The molecular formula is C15H14Cl2N2O. The molecule has 0 radical (unpaired) electrons. The van der Waals surface area contributed by atoms with E-state index in [4.69, 9.17) is 23.2 Å². The van der Waals surface area contributed by atoms with Crippen molar-refractivity contribution in [2.75, 3.05) is 0 Å². The third-order valence-electron chi connectivity index (χ3n) is 2.91. The lowest BCUT2D eigenvalue weighted by Gasteiger charge is -2.14. The van der Waals surface area contributed by atoms with E-state index in [2.05, 4.69) is 10.3 Å². The Kier molecular flexibility index (Phi) is 4.99. The van der Waals surface area contributed by atoms with Gasteiger partial charge in [-0.3, -0.25) is 9.78 Å². The highest BCUT2D eigenvalue weighted by Crippen LogP contribution is 2.24. The van der Waals surface area contributed by atoms with Crippen LogP contribution in [0.25, 0.3) is 0 Å². The van der Waals surface area contributed by atoms with Gasteiger partial charge in [0.1, 0.15) is 0 Å². The number of nitrogens with one attached hydrogen (secondary N) is 1. The molecule has 0 aliphatic rings. The van der Waals surface area contributed by atoms with Crippen LogP contribution in [0, 0.1) is 0 Å². The van der Waals surface area contributed by atoms with Crippen LogP contribution in [0.15, 0.2) is 42.6 Å². The summed E-state index contributed by atoms with van der Waals surface area (Å²) < 4.78 is 0. The fraction of sp³-hybridized carbons (Fsp3) is 0.200. The molecule has 2 rings (SSSR count). The normalized spacial score (nSPS) is 11.9. The molecule has 0 fully saturated rings. The molecule has 20 heavy (non-hydrogen) atoms. The van der Waals surface area contributed by atoms with Crippen LogP contribution in [0.3, 0.4) is 0 Å². The molecule has 1 heterocycles. The fourth-order valence-corrected chi connectivity index (χ4v) is 2.39. The summed E-state index contributed by atoms with van der Waals surface area (Å²) in [7, 11) is 0. The minimum atomic E-state index is -0.162. The van der Waals surface area contributed by atoms with Crippen molar-refractivity contribution in [3.8, 4) is 0 Å². The molecule has 1 aromatic carbocycles. The van der Waals surface area contributed by atoms with Crippen molar-refractivity contribution in [1.82, 2.24) is 10.3 Å². The van der Waals surface area contributed by atoms with Gasteiger partial charge in [0, 0.05) is 16.2 Å². The second-order valence-corrected chi connectivity index (χ2v) is 5.24. The maximum Gasteiger partial charge on any atom is 0.225 e. The molecule has 0 saturated heterocycles. The van der Waals surface area contributed by atoms with Crippen molar-refractivity contribution < 1.29 is 4.79 Å². The van der Waals surface area contributed by atoms with Gasteiger partial charge in [-0.1, -0.05) is 35.3 Å². The van der Waals surface area contributed by atoms with Crippen LogP contribution in [0.4, 0.5) is 0 Å². The van der Waals surface area contributed by atoms with Gasteiger partial charge in [-0.05, 0) is 36.8 Å². The minimum absolute atomic E-state index is 0.141. The van der Waals surface area contributed by atoms with Gasteiger partial charge in [0.25, 0.3) is 0 Å². The summed E-state index contributed by atoms with van der Waals surface area (Å²) in [5, 5.41) is 3.88. The molecule has 1 atom stereocenters. The maximum absolute atomic E-state index is 12.0. The largest absolute Gasteiger partial charge is 0.348 e. The van der Waals surface area contributed by atoms with E-state index in [-0.39, 0.29) is 18.4 Å². The summed E-state index contributed by atoms with van der Waals surface area (Å²) >= 11 is 12.1. The van der Waals surface area contributed by atoms with E-state index in [1.54, 1.807) is 24.4 Å². The summed E-state index contributed by atoms with van der Waals surface area (Å²) in [4.78, 5) is 16.3. The van der Waals surface area contributed by atoms with Crippen LogP contribution < -0.4 is 5.32 Å². The number of aromatic nitrogens is 1. The van der Waals surface area contributed by atoms with Gasteiger partial charge in [0.2, 0.25) is 5.91 Å². The van der Waals surface area contributed by atoms with Gasteiger partial charge in [0.05, 0.1) is 18.2 Å². The first kappa shape index (κ1) is 14.8. The van der Waals surface area contributed by atoms with E-state index < -0.39 is 0 Å². The summed E-state index contributed by atoms with van der Waals surface area (Å²) in [6.07, 6.45) is 1.85. The van der Waals surface area contributed by atoms with Crippen molar-refractivity contribution in [3.05, 3.63) is 63.9 Å². The summed E-state index contributed by atoms with van der Waals surface area (Å²) in [5.74, 6) is -0.141. The average molecular weight is 309 g/mol. The molecule has 0 spiro atoms. The van der Waals surface area contributed by atoms with E-state index in [1.165, 1.54) is 0 Å². The zero-order chi connectivity index (χ0) is 14.5. The number of pyridine rings is 1. The van der Waals surface area contributed by atoms with E-state index >= 15 is 0 Å². The fourth-order valence-electron chi connectivity index (χ4n) is 1.86. The molecule has 0 bridgehead atoms. The maximum atomic E-state index is 12.0. The number of amides is 1. The molecule has 0 saturated carbocycles. The lowest BCUT2D eigenvalue weighted by atomic mass is 10.1. The first-order chi connectivity index (χ1) is 9.58. The molecular weight excluding hydrogens is 295 g/mol. The molecule has 1 unspecified atom stereocenters. The van der Waals surface area contributed by atoms with Gasteiger partial charge in [-0.25, -0.2) is 0 Å². The summed E-state index contributed by atoms with van der Waals surface area (Å²) in [6, 6.07) is 10.6. The Morgan fingerprint density at radius 1 is 1.20 bits per heavy atom. The van der Waals surface area contributed by atoms with Crippen LogP contribution >= 0.6 is 23.2 Å². The SMILES string of the molecule is CC(NC(=O)Cc1c(Cl)cccc1Cl)c1ccccn1. The summed E-state index contributed by atoms with van der Waals surface area (Å²) in [6.45, 7) is 1.88. The molecule has 1 aromatic heterocycles. The van der Waals surface area contributed by atoms with Crippen LogP contribution in [0.5, 0.6) is 0 Å². The third kappa shape index (κ3) is 3.71. The number of halogens is 2. The highest BCUT2D eigenvalue weighted by Gasteiger charge is 2.14. The van der Waals surface area contributed by atoms with Crippen molar-refractivity contribution in [3.63, 3.8) is 0 Å². The predicted molar refractivity (Wildman–Crippen MR) is 81.0 cm³/mol. The summed E-state index contributed by atoms with van der Waals surface area (Å²) in [5.41, 5.74) is 1.45. The van der Waals surface area contributed by atoms with Gasteiger partial charge >= 0.3 is 0 Å². The number of hydrogen-bond acceptors (Lipinski definition) is 2. The number of carbonyl (C=O) groups is 1. The van der Waals surface area contributed by atoms with E-state index in [9.17, 15) is 4.79 Å². The van der Waals surface area contributed by atoms with Crippen molar-refractivity contribution >= 4 is 29.1 Å². The Hall–Kier alpha value is -1.58. The number of carbonyl (C=O) groups excluding carboxylic acids is 1. The second kappa shape index (κ2) is 6.73.